The van der Waals surface area contributed by atoms with Gasteiger partial charge in [-0.25, -0.2) is 0 Å². The summed E-state index contributed by atoms with van der Waals surface area (Å²) < 4.78 is 0. The Morgan fingerprint density at radius 1 is 1.60 bits per heavy atom. The minimum absolute atomic E-state index is 0.118. The Labute approximate surface area is 116 Å². The Balaban J connectivity index is 3.32. The number of nitro benzene ring substituents is 1. The van der Waals surface area contributed by atoms with Gasteiger partial charge in [0.05, 0.1) is 11.5 Å². The molecule has 0 saturated heterocycles. The second-order valence-corrected chi connectivity index (χ2v) is 4.00. The van der Waals surface area contributed by atoms with Crippen molar-refractivity contribution in [1.29, 1.82) is 0 Å². The van der Waals surface area contributed by atoms with Gasteiger partial charge in [0.25, 0.3) is 11.6 Å². The van der Waals surface area contributed by atoms with Crippen LogP contribution in [0.2, 0.25) is 0 Å². The first-order valence-corrected chi connectivity index (χ1v) is 6.02. The van der Waals surface area contributed by atoms with Gasteiger partial charge in [0.2, 0.25) is 0 Å². The van der Waals surface area contributed by atoms with Crippen molar-refractivity contribution in [2.45, 2.75) is 0 Å². The molecule has 0 aliphatic carbocycles. The monoisotopic (exact) mass is 279 g/mol. The molecule has 0 spiro atoms. The Bertz CT molecular complexity index is 516. The highest BCUT2D eigenvalue weighted by atomic mass is 16.6. The Morgan fingerprint density at radius 3 is 2.80 bits per heavy atom. The Morgan fingerprint density at radius 2 is 2.30 bits per heavy atom. The third kappa shape index (κ3) is 3.55. The number of nitro groups is 1. The van der Waals surface area contributed by atoms with E-state index in [1.807, 2.05) is 0 Å². The fourth-order valence-corrected chi connectivity index (χ4v) is 1.80. The molecule has 0 aromatic heterocycles. The second kappa shape index (κ2) is 7.25. The van der Waals surface area contributed by atoms with Crippen LogP contribution in [0.4, 0.5) is 11.4 Å². The van der Waals surface area contributed by atoms with E-state index in [4.69, 9.17) is 5.11 Å². The quantitative estimate of drug-likeness (QED) is 0.440. The van der Waals surface area contributed by atoms with Crippen LogP contribution in [0.3, 0.4) is 0 Å². The number of aliphatic hydroxyl groups is 1. The first-order valence-electron chi connectivity index (χ1n) is 6.02. The molecule has 108 valence electrons. The van der Waals surface area contributed by atoms with Crippen molar-refractivity contribution in [3.63, 3.8) is 0 Å². The van der Waals surface area contributed by atoms with Crippen molar-refractivity contribution in [3.8, 4) is 0 Å². The van der Waals surface area contributed by atoms with Crippen molar-refractivity contribution in [2.24, 2.45) is 0 Å². The zero-order chi connectivity index (χ0) is 15.1. The van der Waals surface area contributed by atoms with Crippen molar-refractivity contribution in [2.75, 3.05) is 31.6 Å². The number of rotatable bonds is 7. The molecule has 0 unspecified atom stereocenters. The minimum Gasteiger partial charge on any atom is -0.395 e. The van der Waals surface area contributed by atoms with E-state index in [2.05, 4.69) is 11.9 Å². The standard InChI is InChI=1S/C13H17N3O4/c1-3-6-15(7-8-17)12-9-10(13(18)14-2)4-5-11(12)16(19)20/h3-5,9,17H,1,6-8H2,2H3,(H,14,18). The normalized spacial score (nSPS) is 9.90. The van der Waals surface area contributed by atoms with Crippen LogP contribution in [0.5, 0.6) is 0 Å². The van der Waals surface area contributed by atoms with Crippen molar-refractivity contribution < 1.29 is 14.8 Å². The van der Waals surface area contributed by atoms with E-state index in [0.29, 0.717) is 12.1 Å². The van der Waals surface area contributed by atoms with Crippen LogP contribution < -0.4 is 10.2 Å². The molecule has 1 amide bonds. The van der Waals surface area contributed by atoms with Gasteiger partial charge in [0.1, 0.15) is 5.69 Å². The van der Waals surface area contributed by atoms with Crippen LogP contribution in [-0.4, -0.2) is 42.7 Å². The molecule has 0 fully saturated rings. The van der Waals surface area contributed by atoms with Crippen LogP contribution in [-0.2, 0) is 0 Å². The Hall–Kier alpha value is -2.41. The summed E-state index contributed by atoms with van der Waals surface area (Å²) >= 11 is 0. The van der Waals surface area contributed by atoms with Gasteiger partial charge in [-0.15, -0.1) is 6.58 Å². The molecule has 20 heavy (non-hydrogen) atoms. The number of nitrogens with one attached hydrogen (secondary N) is 1. The summed E-state index contributed by atoms with van der Waals surface area (Å²) in [5.41, 5.74) is 0.484. The Kier molecular flexibility index (Phi) is 5.67. The summed E-state index contributed by atoms with van der Waals surface area (Å²) in [5, 5.41) is 22.6. The molecular formula is C13H17N3O4. The van der Waals surface area contributed by atoms with E-state index < -0.39 is 4.92 Å². The number of carbonyl (C=O) groups excluding carboxylic acids is 1. The topological polar surface area (TPSA) is 95.7 Å². The van der Waals surface area contributed by atoms with Gasteiger partial charge in [-0.05, 0) is 12.1 Å². The van der Waals surface area contributed by atoms with Gasteiger partial charge in [-0.2, -0.15) is 0 Å². The minimum atomic E-state index is -0.517. The van der Waals surface area contributed by atoms with Gasteiger partial charge in [-0.1, -0.05) is 6.08 Å². The molecule has 7 heteroatoms. The average Bonchev–Trinajstić information content (AvgIpc) is 2.45. The highest BCUT2D eigenvalue weighted by Crippen LogP contribution is 2.29. The predicted octanol–water partition coefficient (Wildman–Crippen LogP) is 0.939. The maximum atomic E-state index is 11.6. The van der Waals surface area contributed by atoms with Gasteiger partial charge >= 0.3 is 0 Å². The molecule has 0 atom stereocenters. The molecule has 0 radical (unpaired) electrons. The third-order valence-corrected chi connectivity index (χ3v) is 2.72. The van der Waals surface area contributed by atoms with Crippen LogP contribution >= 0.6 is 0 Å². The molecule has 1 rings (SSSR count). The van der Waals surface area contributed by atoms with Crippen LogP contribution in [0.15, 0.2) is 30.9 Å². The lowest BCUT2D eigenvalue weighted by molar-refractivity contribution is -0.384. The number of anilines is 1. The highest BCUT2D eigenvalue weighted by molar-refractivity contribution is 5.95. The van der Waals surface area contributed by atoms with E-state index >= 15 is 0 Å². The summed E-state index contributed by atoms with van der Waals surface area (Å²) in [5.74, 6) is -0.330. The van der Waals surface area contributed by atoms with E-state index in [1.165, 1.54) is 25.2 Å². The summed E-state index contributed by atoms with van der Waals surface area (Å²) in [6.07, 6.45) is 1.58. The van der Waals surface area contributed by atoms with Gasteiger partial charge in [0.15, 0.2) is 0 Å². The van der Waals surface area contributed by atoms with Crippen LogP contribution in [0.25, 0.3) is 0 Å². The SMILES string of the molecule is C=CCN(CCO)c1cc(C(=O)NC)ccc1[N+](=O)[O-]. The number of nitrogens with zero attached hydrogens (tertiary/aromatic N) is 2. The molecule has 1 aromatic carbocycles. The zero-order valence-corrected chi connectivity index (χ0v) is 11.2. The highest BCUT2D eigenvalue weighted by Gasteiger charge is 2.20. The number of benzene rings is 1. The fourth-order valence-electron chi connectivity index (χ4n) is 1.80. The summed E-state index contributed by atoms with van der Waals surface area (Å²) in [4.78, 5) is 23.8. The molecule has 7 nitrogen and oxygen atoms in total. The molecule has 0 saturated carbocycles. The third-order valence-electron chi connectivity index (χ3n) is 2.72. The maximum absolute atomic E-state index is 11.6. The van der Waals surface area contributed by atoms with Crippen molar-refractivity contribution in [3.05, 3.63) is 46.5 Å². The lowest BCUT2D eigenvalue weighted by atomic mass is 10.1. The predicted molar refractivity (Wildman–Crippen MR) is 76.0 cm³/mol. The van der Waals surface area contributed by atoms with Crippen LogP contribution in [0, 0.1) is 10.1 Å². The molecule has 2 N–H and O–H groups in total. The number of carbonyl (C=O) groups is 1. The average molecular weight is 279 g/mol. The molecule has 0 aliphatic rings. The molecule has 1 aromatic rings. The lowest BCUT2D eigenvalue weighted by Crippen LogP contribution is -2.28. The van der Waals surface area contributed by atoms with E-state index in [9.17, 15) is 14.9 Å². The first-order chi connectivity index (χ1) is 9.54. The molecule has 0 bridgehead atoms. The van der Waals surface area contributed by atoms with Gasteiger partial charge in [-0.3, -0.25) is 14.9 Å². The smallest absolute Gasteiger partial charge is 0.292 e. The second-order valence-electron chi connectivity index (χ2n) is 4.00. The fraction of sp³-hybridized carbons (Fsp3) is 0.308. The summed E-state index contributed by atoms with van der Waals surface area (Å²) in [6.45, 7) is 3.97. The number of amides is 1. The molecule has 0 aliphatic heterocycles. The van der Waals surface area contributed by atoms with E-state index in [-0.39, 0.29) is 30.4 Å². The molecular weight excluding hydrogens is 262 g/mol. The summed E-state index contributed by atoms with van der Waals surface area (Å²) in [7, 11) is 1.48. The molecule has 0 heterocycles. The maximum Gasteiger partial charge on any atom is 0.292 e. The first kappa shape index (κ1) is 15.6. The number of hydrogen-bond donors (Lipinski definition) is 2. The van der Waals surface area contributed by atoms with Gasteiger partial charge < -0.3 is 15.3 Å². The number of aliphatic hydroxyl groups excluding tert-OH is 1. The van der Waals surface area contributed by atoms with E-state index in [1.54, 1.807) is 11.0 Å². The van der Waals surface area contributed by atoms with Gasteiger partial charge in [0, 0.05) is 31.8 Å². The van der Waals surface area contributed by atoms with Crippen molar-refractivity contribution >= 4 is 17.3 Å². The van der Waals surface area contributed by atoms with Crippen molar-refractivity contribution in [1.82, 2.24) is 5.32 Å². The van der Waals surface area contributed by atoms with E-state index in [0.717, 1.165) is 0 Å². The lowest BCUT2D eigenvalue weighted by Gasteiger charge is -2.22. The largest absolute Gasteiger partial charge is 0.395 e. The van der Waals surface area contributed by atoms with Crippen LogP contribution in [0.1, 0.15) is 10.4 Å². The summed E-state index contributed by atoms with van der Waals surface area (Å²) in [6, 6.07) is 4.12. The zero-order valence-electron chi connectivity index (χ0n) is 11.2. The number of hydrogen-bond acceptors (Lipinski definition) is 5.